The molecule has 3 heterocycles. The van der Waals surface area contributed by atoms with Gasteiger partial charge in [-0.15, -0.1) is 11.3 Å². The first-order valence-corrected chi connectivity index (χ1v) is 11.8. The number of anilines is 1. The number of piperidine rings is 1. The van der Waals surface area contributed by atoms with Gasteiger partial charge in [-0.3, -0.25) is 9.59 Å². The second kappa shape index (κ2) is 9.42. The maximum absolute atomic E-state index is 12.5. The van der Waals surface area contributed by atoms with Crippen molar-refractivity contribution in [3.63, 3.8) is 0 Å². The molecule has 1 atom stereocenters. The van der Waals surface area contributed by atoms with Gasteiger partial charge in [-0.25, -0.2) is 4.98 Å². The minimum atomic E-state index is 0.0100. The van der Waals surface area contributed by atoms with Crippen molar-refractivity contribution >= 4 is 50.8 Å². The van der Waals surface area contributed by atoms with Crippen LogP contribution in [-0.2, 0) is 14.3 Å². The van der Waals surface area contributed by atoms with Crippen molar-refractivity contribution in [2.45, 2.75) is 29.6 Å². The van der Waals surface area contributed by atoms with Gasteiger partial charge in [0.15, 0.2) is 4.34 Å². The van der Waals surface area contributed by atoms with E-state index in [1.807, 2.05) is 18.2 Å². The number of nitrogens with one attached hydrogen (secondary N) is 2. The Labute approximate surface area is 178 Å². The third kappa shape index (κ3) is 5.48. The molecule has 9 heteroatoms. The van der Waals surface area contributed by atoms with Crippen LogP contribution >= 0.6 is 23.1 Å². The number of carbonyl (C=O) groups is 2. The Bertz CT molecular complexity index is 874. The number of carbonyl (C=O) groups excluding carboxylic acids is 2. The van der Waals surface area contributed by atoms with Gasteiger partial charge in [0.25, 0.3) is 0 Å². The highest BCUT2D eigenvalue weighted by molar-refractivity contribution is 8.01. The SMILES string of the molecule is CN1CCC(C(=O)Nc2ccc3nc(SCC(=O)NC4CCOC4)sc3c2)CC1. The van der Waals surface area contributed by atoms with Crippen LogP contribution in [0.3, 0.4) is 0 Å². The quantitative estimate of drug-likeness (QED) is 0.680. The number of hydrogen-bond acceptors (Lipinski definition) is 7. The molecule has 2 fully saturated rings. The van der Waals surface area contributed by atoms with E-state index in [0.717, 1.165) is 52.6 Å². The summed E-state index contributed by atoms with van der Waals surface area (Å²) in [4.78, 5) is 31.5. The van der Waals surface area contributed by atoms with E-state index in [1.165, 1.54) is 11.8 Å². The van der Waals surface area contributed by atoms with Gasteiger partial charge in [0.1, 0.15) is 0 Å². The number of nitrogens with zero attached hydrogens (tertiary/aromatic N) is 2. The Balaban J connectivity index is 1.32. The van der Waals surface area contributed by atoms with Crippen molar-refractivity contribution in [2.24, 2.45) is 5.92 Å². The zero-order chi connectivity index (χ0) is 20.2. The van der Waals surface area contributed by atoms with E-state index < -0.39 is 0 Å². The normalized spacial score (nSPS) is 20.8. The van der Waals surface area contributed by atoms with E-state index in [0.29, 0.717) is 19.0 Å². The largest absolute Gasteiger partial charge is 0.379 e. The fraction of sp³-hybridized carbons (Fsp3) is 0.550. The Morgan fingerprint density at radius 1 is 1.31 bits per heavy atom. The number of fused-ring (bicyclic) bond motifs is 1. The lowest BCUT2D eigenvalue weighted by atomic mass is 9.96. The van der Waals surface area contributed by atoms with Crippen molar-refractivity contribution in [3.05, 3.63) is 18.2 Å². The van der Waals surface area contributed by atoms with Crippen molar-refractivity contribution in [3.8, 4) is 0 Å². The van der Waals surface area contributed by atoms with Crippen molar-refractivity contribution in [1.82, 2.24) is 15.2 Å². The van der Waals surface area contributed by atoms with Gasteiger partial charge in [0.05, 0.1) is 28.6 Å². The monoisotopic (exact) mass is 434 g/mol. The van der Waals surface area contributed by atoms with Gasteiger partial charge >= 0.3 is 0 Å². The number of benzene rings is 1. The van der Waals surface area contributed by atoms with Crippen LogP contribution in [-0.4, -0.2) is 66.8 Å². The van der Waals surface area contributed by atoms with E-state index in [9.17, 15) is 9.59 Å². The standard InChI is InChI=1S/C20H26N4O3S2/c1-24-7-4-13(5-8-24)19(26)22-14-2-3-16-17(10-14)29-20(23-16)28-12-18(25)21-15-6-9-27-11-15/h2-3,10,13,15H,4-9,11-12H2,1H3,(H,21,25)(H,22,26). The molecular formula is C20H26N4O3S2. The number of thioether (sulfide) groups is 1. The zero-order valence-corrected chi connectivity index (χ0v) is 18.1. The first kappa shape index (κ1) is 20.6. The molecule has 1 unspecified atom stereocenters. The second-order valence-electron chi connectivity index (χ2n) is 7.65. The third-order valence-corrected chi connectivity index (χ3v) is 7.51. The zero-order valence-electron chi connectivity index (χ0n) is 16.5. The smallest absolute Gasteiger partial charge is 0.230 e. The molecule has 1 aromatic heterocycles. The number of amides is 2. The molecule has 0 spiro atoms. The highest BCUT2D eigenvalue weighted by atomic mass is 32.2. The lowest BCUT2D eigenvalue weighted by Gasteiger charge is -2.28. The van der Waals surface area contributed by atoms with E-state index in [4.69, 9.17) is 4.74 Å². The first-order valence-electron chi connectivity index (χ1n) is 9.97. The van der Waals surface area contributed by atoms with Gasteiger partial charge in [-0.2, -0.15) is 0 Å². The van der Waals surface area contributed by atoms with Crippen molar-refractivity contribution in [2.75, 3.05) is 44.4 Å². The Hall–Kier alpha value is -1.68. The highest BCUT2D eigenvalue weighted by Gasteiger charge is 2.23. The van der Waals surface area contributed by atoms with E-state index in [-0.39, 0.29) is 23.8 Å². The molecule has 0 radical (unpaired) electrons. The molecule has 0 bridgehead atoms. The average molecular weight is 435 g/mol. The predicted octanol–water partition coefficient (Wildman–Crippen LogP) is 2.57. The maximum Gasteiger partial charge on any atom is 0.230 e. The summed E-state index contributed by atoms with van der Waals surface area (Å²) in [5.41, 5.74) is 1.69. The summed E-state index contributed by atoms with van der Waals surface area (Å²) in [6, 6.07) is 5.93. The fourth-order valence-corrected chi connectivity index (χ4v) is 5.52. The van der Waals surface area contributed by atoms with Crippen LogP contribution in [0.4, 0.5) is 5.69 Å². The Kier molecular flexibility index (Phi) is 6.69. The number of rotatable bonds is 6. The molecule has 29 heavy (non-hydrogen) atoms. The minimum Gasteiger partial charge on any atom is -0.379 e. The van der Waals surface area contributed by atoms with Gasteiger partial charge in [0.2, 0.25) is 11.8 Å². The van der Waals surface area contributed by atoms with Gasteiger partial charge < -0.3 is 20.3 Å². The molecule has 2 saturated heterocycles. The van der Waals surface area contributed by atoms with Crippen LogP contribution in [0.25, 0.3) is 10.2 Å². The predicted molar refractivity (Wildman–Crippen MR) is 117 cm³/mol. The maximum atomic E-state index is 12.5. The van der Waals surface area contributed by atoms with Crippen LogP contribution in [0, 0.1) is 5.92 Å². The Morgan fingerprint density at radius 3 is 2.90 bits per heavy atom. The van der Waals surface area contributed by atoms with E-state index in [1.54, 1.807) is 11.3 Å². The van der Waals surface area contributed by atoms with E-state index in [2.05, 4.69) is 27.6 Å². The van der Waals surface area contributed by atoms with Crippen LogP contribution in [0.5, 0.6) is 0 Å². The molecule has 2 aliphatic rings. The van der Waals surface area contributed by atoms with Gasteiger partial charge in [0, 0.05) is 18.2 Å². The molecule has 7 nitrogen and oxygen atoms in total. The second-order valence-corrected chi connectivity index (χ2v) is 9.90. The number of ether oxygens (including phenoxy) is 1. The summed E-state index contributed by atoms with van der Waals surface area (Å²) in [7, 11) is 2.09. The fourth-order valence-electron chi connectivity index (χ4n) is 3.60. The topological polar surface area (TPSA) is 83.6 Å². The van der Waals surface area contributed by atoms with Crippen LogP contribution < -0.4 is 10.6 Å². The first-order chi connectivity index (χ1) is 14.1. The molecule has 4 rings (SSSR count). The van der Waals surface area contributed by atoms with Crippen molar-refractivity contribution in [1.29, 1.82) is 0 Å². The highest BCUT2D eigenvalue weighted by Crippen LogP contribution is 2.31. The molecular weight excluding hydrogens is 408 g/mol. The molecule has 2 aromatic rings. The molecule has 2 aliphatic heterocycles. The third-order valence-electron chi connectivity index (χ3n) is 5.35. The summed E-state index contributed by atoms with van der Waals surface area (Å²) >= 11 is 2.99. The summed E-state index contributed by atoms with van der Waals surface area (Å²) in [5.74, 6) is 0.536. The molecule has 0 saturated carbocycles. The summed E-state index contributed by atoms with van der Waals surface area (Å²) in [6.45, 7) is 3.25. The molecule has 2 amide bonds. The molecule has 1 aromatic carbocycles. The summed E-state index contributed by atoms with van der Waals surface area (Å²) in [5, 5.41) is 6.05. The van der Waals surface area contributed by atoms with Crippen LogP contribution in [0.2, 0.25) is 0 Å². The summed E-state index contributed by atoms with van der Waals surface area (Å²) < 4.78 is 7.15. The lowest BCUT2D eigenvalue weighted by Crippen LogP contribution is -2.36. The lowest BCUT2D eigenvalue weighted by molar-refractivity contribution is -0.121. The summed E-state index contributed by atoms with van der Waals surface area (Å²) in [6.07, 6.45) is 2.69. The number of likely N-dealkylation sites (tertiary alicyclic amines) is 1. The average Bonchev–Trinajstić information content (AvgIpc) is 3.36. The van der Waals surface area contributed by atoms with Crippen molar-refractivity contribution < 1.29 is 14.3 Å². The minimum absolute atomic E-state index is 0.0100. The van der Waals surface area contributed by atoms with E-state index >= 15 is 0 Å². The number of aromatic nitrogens is 1. The number of hydrogen-bond donors (Lipinski definition) is 2. The molecule has 156 valence electrons. The van der Waals surface area contributed by atoms with Gasteiger partial charge in [-0.1, -0.05) is 11.8 Å². The molecule has 0 aliphatic carbocycles. The van der Waals surface area contributed by atoms with Crippen LogP contribution in [0.15, 0.2) is 22.5 Å². The molecule has 2 N–H and O–H groups in total. The van der Waals surface area contributed by atoms with Crippen LogP contribution in [0.1, 0.15) is 19.3 Å². The van der Waals surface area contributed by atoms with Gasteiger partial charge in [-0.05, 0) is 57.6 Å². The number of thiazole rings is 1. The Morgan fingerprint density at radius 2 is 2.14 bits per heavy atom.